The zero-order valence-electron chi connectivity index (χ0n) is 21.1. The minimum Gasteiger partial charge on any atom is -0.485 e. The van der Waals surface area contributed by atoms with Crippen molar-refractivity contribution in [1.82, 2.24) is 14.8 Å². The third-order valence-corrected chi connectivity index (χ3v) is 6.99. The number of anilines is 1. The molecular formula is C28H27ClN4O4S. The van der Waals surface area contributed by atoms with E-state index in [0.717, 1.165) is 22.1 Å². The number of hydrogen-bond acceptors (Lipinski definition) is 7. The van der Waals surface area contributed by atoms with E-state index in [-0.39, 0.29) is 24.9 Å². The molecule has 1 heterocycles. The van der Waals surface area contributed by atoms with Gasteiger partial charge in [0, 0.05) is 6.54 Å². The van der Waals surface area contributed by atoms with E-state index in [1.54, 1.807) is 25.1 Å². The summed E-state index contributed by atoms with van der Waals surface area (Å²) in [5.74, 6) is 0.647. The molecule has 8 nitrogen and oxygen atoms in total. The van der Waals surface area contributed by atoms with Crippen LogP contribution in [0.1, 0.15) is 28.7 Å². The zero-order chi connectivity index (χ0) is 27.1. The fraction of sp³-hybridized carbons (Fsp3) is 0.214. The number of amides is 1. The van der Waals surface area contributed by atoms with Crippen LogP contribution < -0.4 is 10.1 Å². The highest BCUT2D eigenvalue weighted by atomic mass is 35.5. The molecule has 0 bridgehead atoms. The number of halogens is 1. The molecule has 38 heavy (non-hydrogen) atoms. The maximum atomic E-state index is 12.7. The minimum absolute atomic E-state index is 0.0554. The summed E-state index contributed by atoms with van der Waals surface area (Å²) < 4.78 is 13.0. The van der Waals surface area contributed by atoms with E-state index >= 15 is 0 Å². The zero-order valence-corrected chi connectivity index (χ0v) is 22.6. The van der Waals surface area contributed by atoms with Gasteiger partial charge in [-0.25, -0.2) is 4.79 Å². The summed E-state index contributed by atoms with van der Waals surface area (Å²) in [5, 5.41) is 14.4. The molecule has 0 spiro atoms. The molecule has 0 aliphatic carbocycles. The van der Waals surface area contributed by atoms with Gasteiger partial charge in [-0.2, -0.15) is 0 Å². The van der Waals surface area contributed by atoms with Crippen molar-refractivity contribution in [2.45, 2.75) is 32.2 Å². The molecule has 4 rings (SSSR count). The van der Waals surface area contributed by atoms with Gasteiger partial charge in [-0.15, -0.1) is 16.8 Å². The lowest BCUT2D eigenvalue weighted by molar-refractivity contribution is -0.113. The van der Waals surface area contributed by atoms with Gasteiger partial charge in [0.05, 0.1) is 28.6 Å². The first-order chi connectivity index (χ1) is 18.4. The number of esters is 1. The monoisotopic (exact) mass is 550 g/mol. The second-order valence-corrected chi connectivity index (χ2v) is 9.60. The average Bonchev–Trinajstić information content (AvgIpc) is 3.30. The summed E-state index contributed by atoms with van der Waals surface area (Å²) in [5.41, 5.74) is 1.68. The number of aryl methyl sites for hydroxylation is 1. The molecule has 0 fully saturated rings. The summed E-state index contributed by atoms with van der Waals surface area (Å²) in [6.07, 6.45) is 1.74. The Labute approximate surface area is 230 Å². The largest absolute Gasteiger partial charge is 0.485 e. The van der Waals surface area contributed by atoms with Crippen LogP contribution in [0.4, 0.5) is 5.69 Å². The first-order valence-electron chi connectivity index (χ1n) is 11.9. The van der Waals surface area contributed by atoms with Crippen molar-refractivity contribution in [3.05, 3.63) is 89.2 Å². The molecule has 4 aromatic rings. The standard InChI is InChI=1S/C28H27ClN4O4S/c1-4-14-33-25(16-37-24-13-11-19-8-6-7-9-21(19)18(24)3)31-32-28(33)38-17-26(34)30-23-15-20(10-12-22(23)29)27(35)36-5-2/h4,6-13,15H,1,5,14,16-17H2,2-3H3,(H,30,34). The highest BCUT2D eigenvalue weighted by molar-refractivity contribution is 7.99. The van der Waals surface area contributed by atoms with Crippen LogP contribution in [0.25, 0.3) is 10.8 Å². The summed E-state index contributed by atoms with van der Waals surface area (Å²) in [6.45, 7) is 8.49. The van der Waals surface area contributed by atoms with Crippen LogP contribution in [0, 0.1) is 6.92 Å². The summed E-state index contributed by atoms with van der Waals surface area (Å²) in [6, 6.07) is 16.7. The quantitative estimate of drug-likeness (QED) is 0.138. The molecule has 0 radical (unpaired) electrons. The maximum absolute atomic E-state index is 12.7. The van der Waals surface area contributed by atoms with E-state index in [9.17, 15) is 9.59 Å². The van der Waals surface area contributed by atoms with Crippen molar-refractivity contribution in [3.63, 3.8) is 0 Å². The lowest BCUT2D eigenvalue weighted by Crippen LogP contribution is -2.16. The SMILES string of the molecule is C=CCn1c(COc2ccc3ccccc3c2C)nnc1SCC(=O)Nc1cc(C(=O)OCC)ccc1Cl. The first-order valence-corrected chi connectivity index (χ1v) is 13.3. The number of ether oxygens (including phenoxy) is 2. The van der Waals surface area contributed by atoms with Gasteiger partial charge in [-0.1, -0.05) is 59.8 Å². The topological polar surface area (TPSA) is 95.3 Å². The minimum atomic E-state index is -0.486. The lowest BCUT2D eigenvalue weighted by Gasteiger charge is -2.12. The second kappa shape index (κ2) is 12.6. The maximum Gasteiger partial charge on any atom is 0.338 e. The highest BCUT2D eigenvalue weighted by Gasteiger charge is 2.16. The van der Waals surface area contributed by atoms with Gasteiger partial charge >= 0.3 is 5.97 Å². The molecule has 196 valence electrons. The molecule has 0 saturated carbocycles. The molecule has 0 unspecified atom stereocenters. The smallest absolute Gasteiger partial charge is 0.338 e. The number of hydrogen-bond donors (Lipinski definition) is 1. The van der Waals surface area contributed by atoms with Crippen LogP contribution in [-0.2, 0) is 22.7 Å². The molecule has 10 heteroatoms. The van der Waals surface area contributed by atoms with Crippen LogP contribution in [0.5, 0.6) is 5.75 Å². The van der Waals surface area contributed by atoms with Gasteiger partial charge in [-0.05, 0) is 54.4 Å². The molecule has 1 aromatic heterocycles. The fourth-order valence-electron chi connectivity index (χ4n) is 3.83. The number of nitrogens with one attached hydrogen (secondary N) is 1. The Morgan fingerprint density at radius 1 is 1.16 bits per heavy atom. The summed E-state index contributed by atoms with van der Waals surface area (Å²) >= 11 is 7.44. The van der Waals surface area contributed by atoms with Crippen molar-refractivity contribution in [1.29, 1.82) is 0 Å². The third kappa shape index (κ3) is 6.35. The first kappa shape index (κ1) is 27.2. The number of benzene rings is 3. The fourth-order valence-corrected chi connectivity index (χ4v) is 4.76. The van der Waals surface area contributed by atoms with Crippen molar-refractivity contribution in [3.8, 4) is 5.75 Å². The summed E-state index contributed by atoms with van der Waals surface area (Å²) in [4.78, 5) is 24.7. The third-order valence-electron chi connectivity index (χ3n) is 5.69. The Hall–Kier alpha value is -3.82. The van der Waals surface area contributed by atoms with Crippen LogP contribution in [0.2, 0.25) is 5.02 Å². The number of carbonyl (C=O) groups excluding carboxylic acids is 2. The number of fused-ring (bicyclic) bond motifs is 1. The van der Waals surface area contributed by atoms with Gasteiger partial charge in [0.25, 0.3) is 0 Å². The van der Waals surface area contributed by atoms with Gasteiger partial charge in [0.1, 0.15) is 12.4 Å². The Morgan fingerprint density at radius 2 is 1.97 bits per heavy atom. The molecule has 1 N–H and O–H groups in total. The van der Waals surface area contributed by atoms with Crippen LogP contribution in [0.15, 0.2) is 72.4 Å². The number of thioether (sulfide) groups is 1. The van der Waals surface area contributed by atoms with E-state index < -0.39 is 5.97 Å². The van der Waals surface area contributed by atoms with Gasteiger partial charge < -0.3 is 14.8 Å². The van der Waals surface area contributed by atoms with E-state index in [0.29, 0.717) is 33.8 Å². The number of rotatable bonds is 11. The summed E-state index contributed by atoms with van der Waals surface area (Å²) in [7, 11) is 0. The molecule has 1 amide bonds. The predicted molar refractivity (Wildman–Crippen MR) is 150 cm³/mol. The number of aromatic nitrogens is 3. The van der Waals surface area contributed by atoms with Crippen LogP contribution >= 0.6 is 23.4 Å². The van der Waals surface area contributed by atoms with Gasteiger partial charge in [0.15, 0.2) is 11.0 Å². The normalized spacial score (nSPS) is 10.8. The van der Waals surface area contributed by atoms with E-state index in [1.807, 2.05) is 35.8 Å². The predicted octanol–water partition coefficient (Wildman–Crippen LogP) is 6.07. The molecule has 0 aliphatic rings. The Bertz CT molecular complexity index is 1490. The molecule has 0 atom stereocenters. The van der Waals surface area contributed by atoms with E-state index in [4.69, 9.17) is 21.1 Å². The second-order valence-electron chi connectivity index (χ2n) is 8.25. The van der Waals surface area contributed by atoms with Crippen molar-refractivity contribution < 1.29 is 19.1 Å². The van der Waals surface area contributed by atoms with Crippen molar-refractivity contribution in [2.75, 3.05) is 17.7 Å². The Morgan fingerprint density at radius 3 is 2.76 bits per heavy atom. The van der Waals surface area contributed by atoms with Crippen molar-refractivity contribution in [2.24, 2.45) is 0 Å². The molecule has 0 aliphatic heterocycles. The number of nitrogens with zero attached hydrogens (tertiary/aromatic N) is 3. The Balaban J connectivity index is 1.41. The molecular weight excluding hydrogens is 524 g/mol. The number of carbonyl (C=O) groups is 2. The highest BCUT2D eigenvalue weighted by Crippen LogP contribution is 2.28. The van der Waals surface area contributed by atoms with Gasteiger partial charge in [0.2, 0.25) is 5.91 Å². The van der Waals surface area contributed by atoms with Crippen LogP contribution in [0.3, 0.4) is 0 Å². The van der Waals surface area contributed by atoms with Gasteiger partial charge in [-0.3, -0.25) is 9.36 Å². The average molecular weight is 551 g/mol. The Kier molecular flexibility index (Phi) is 9.04. The van der Waals surface area contributed by atoms with E-state index in [2.05, 4.69) is 34.2 Å². The van der Waals surface area contributed by atoms with Crippen molar-refractivity contribution >= 4 is 51.7 Å². The van der Waals surface area contributed by atoms with Crippen LogP contribution in [-0.4, -0.2) is 39.0 Å². The lowest BCUT2D eigenvalue weighted by atomic mass is 10.0. The molecule has 3 aromatic carbocycles. The molecule has 0 saturated heterocycles. The number of allylic oxidation sites excluding steroid dienone is 1. The van der Waals surface area contributed by atoms with E-state index in [1.165, 1.54) is 17.8 Å².